The zero-order valence-corrected chi connectivity index (χ0v) is 17.5. The SMILES string of the molecule is CC(=O)N(CCC1CCN(C(C)c2ccccc2)CC1)c1cccc(C(F)(F)F)c1. The summed E-state index contributed by atoms with van der Waals surface area (Å²) < 4.78 is 39.1. The Bertz CT molecular complexity index is 830. The normalized spacial score (nSPS) is 17.0. The average Bonchev–Trinajstić information content (AvgIpc) is 2.74. The summed E-state index contributed by atoms with van der Waals surface area (Å²) in [4.78, 5) is 16.1. The quantitative estimate of drug-likeness (QED) is 0.581. The first-order valence-electron chi connectivity index (χ1n) is 10.5. The van der Waals surface area contributed by atoms with E-state index in [4.69, 9.17) is 0 Å². The molecule has 1 unspecified atom stereocenters. The van der Waals surface area contributed by atoms with Crippen molar-refractivity contribution in [2.75, 3.05) is 24.5 Å². The molecule has 0 spiro atoms. The highest BCUT2D eigenvalue weighted by Gasteiger charge is 2.31. The fraction of sp³-hybridized carbons (Fsp3) is 0.458. The molecule has 0 aliphatic carbocycles. The van der Waals surface area contributed by atoms with Crippen molar-refractivity contribution in [2.45, 2.75) is 45.3 Å². The number of anilines is 1. The van der Waals surface area contributed by atoms with Crippen molar-refractivity contribution in [3.63, 3.8) is 0 Å². The van der Waals surface area contributed by atoms with Crippen LogP contribution in [0, 0.1) is 5.92 Å². The van der Waals surface area contributed by atoms with Crippen LogP contribution in [0.3, 0.4) is 0 Å². The first kappa shape index (κ1) is 22.3. The molecule has 3 nitrogen and oxygen atoms in total. The van der Waals surface area contributed by atoms with Crippen LogP contribution in [0.1, 0.15) is 50.3 Å². The van der Waals surface area contributed by atoms with Crippen LogP contribution in [-0.2, 0) is 11.0 Å². The molecule has 162 valence electrons. The van der Waals surface area contributed by atoms with E-state index in [1.54, 1.807) is 6.07 Å². The van der Waals surface area contributed by atoms with Crippen molar-refractivity contribution in [1.29, 1.82) is 0 Å². The van der Waals surface area contributed by atoms with Crippen LogP contribution in [-0.4, -0.2) is 30.4 Å². The molecule has 3 rings (SSSR count). The predicted octanol–water partition coefficient (Wildman–Crippen LogP) is 5.92. The molecule has 0 aromatic heterocycles. The maximum Gasteiger partial charge on any atom is 0.416 e. The monoisotopic (exact) mass is 418 g/mol. The van der Waals surface area contributed by atoms with Crippen LogP contribution in [0.5, 0.6) is 0 Å². The number of benzene rings is 2. The van der Waals surface area contributed by atoms with Crippen molar-refractivity contribution in [3.8, 4) is 0 Å². The minimum atomic E-state index is -4.42. The second kappa shape index (κ2) is 9.65. The van der Waals surface area contributed by atoms with Crippen molar-refractivity contribution >= 4 is 11.6 Å². The van der Waals surface area contributed by atoms with E-state index >= 15 is 0 Å². The van der Waals surface area contributed by atoms with Gasteiger partial charge in [-0.05, 0) is 69.0 Å². The van der Waals surface area contributed by atoms with Crippen LogP contribution < -0.4 is 4.90 Å². The van der Waals surface area contributed by atoms with Gasteiger partial charge < -0.3 is 4.90 Å². The van der Waals surface area contributed by atoms with Crippen molar-refractivity contribution in [1.82, 2.24) is 4.90 Å². The number of carbonyl (C=O) groups excluding carboxylic acids is 1. The van der Waals surface area contributed by atoms with Gasteiger partial charge in [0.1, 0.15) is 0 Å². The summed E-state index contributed by atoms with van der Waals surface area (Å²) in [7, 11) is 0. The van der Waals surface area contributed by atoms with E-state index in [1.165, 1.54) is 23.5 Å². The second-order valence-electron chi connectivity index (χ2n) is 8.07. The van der Waals surface area contributed by atoms with Gasteiger partial charge in [-0.25, -0.2) is 0 Å². The largest absolute Gasteiger partial charge is 0.416 e. The zero-order chi connectivity index (χ0) is 21.7. The van der Waals surface area contributed by atoms with Crippen LogP contribution in [0.15, 0.2) is 54.6 Å². The second-order valence-corrected chi connectivity index (χ2v) is 8.07. The molecule has 2 aromatic carbocycles. The number of amides is 1. The average molecular weight is 419 g/mol. The lowest BCUT2D eigenvalue weighted by Crippen LogP contribution is -2.37. The van der Waals surface area contributed by atoms with Gasteiger partial charge in [0, 0.05) is 25.2 Å². The Morgan fingerprint density at radius 3 is 2.37 bits per heavy atom. The number of nitrogens with zero attached hydrogens (tertiary/aromatic N) is 2. The number of alkyl halides is 3. The molecule has 1 saturated heterocycles. The molecule has 0 bridgehead atoms. The van der Waals surface area contributed by atoms with E-state index in [0.717, 1.165) is 44.5 Å². The van der Waals surface area contributed by atoms with E-state index < -0.39 is 11.7 Å². The highest BCUT2D eigenvalue weighted by atomic mass is 19.4. The Hall–Kier alpha value is -2.34. The molecule has 1 heterocycles. The topological polar surface area (TPSA) is 23.6 Å². The fourth-order valence-electron chi connectivity index (χ4n) is 4.20. The van der Waals surface area contributed by atoms with Crippen molar-refractivity contribution < 1.29 is 18.0 Å². The third-order valence-electron chi connectivity index (χ3n) is 6.11. The number of likely N-dealkylation sites (tertiary alicyclic amines) is 1. The van der Waals surface area contributed by atoms with Gasteiger partial charge in [-0.2, -0.15) is 13.2 Å². The van der Waals surface area contributed by atoms with Gasteiger partial charge >= 0.3 is 6.18 Å². The Balaban J connectivity index is 1.56. The number of halogens is 3. The summed E-state index contributed by atoms with van der Waals surface area (Å²) in [5.74, 6) is 0.237. The summed E-state index contributed by atoms with van der Waals surface area (Å²) in [6.07, 6.45) is -1.55. The predicted molar refractivity (Wildman–Crippen MR) is 113 cm³/mol. The lowest BCUT2D eigenvalue weighted by atomic mass is 9.91. The Kier molecular flexibility index (Phi) is 7.19. The standard InChI is InChI=1S/C24H29F3N2O/c1-18(21-7-4-3-5-8-21)28-14-11-20(12-15-28)13-16-29(19(2)30)23-10-6-9-22(17-23)24(25,26)27/h3-10,17-18,20H,11-16H2,1-2H3. The van der Waals surface area contributed by atoms with E-state index in [-0.39, 0.29) is 5.91 Å². The van der Waals surface area contributed by atoms with E-state index in [9.17, 15) is 18.0 Å². The fourth-order valence-corrected chi connectivity index (χ4v) is 4.20. The molecule has 1 atom stereocenters. The molecular formula is C24H29F3N2O. The van der Waals surface area contributed by atoms with E-state index in [1.807, 2.05) is 6.07 Å². The van der Waals surface area contributed by atoms with Gasteiger partial charge in [-0.15, -0.1) is 0 Å². The molecule has 1 aliphatic rings. The molecule has 1 aliphatic heterocycles. The number of hydrogen-bond acceptors (Lipinski definition) is 2. The van der Waals surface area contributed by atoms with Gasteiger partial charge in [0.2, 0.25) is 5.91 Å². The third-order valence-corrected chi connectivity index (χ3v) is 6.11. The highest BCUT2D eigenvalue weighted by molar-refractivity contribution is 5.91. The molecule has 6 heteroatoms. The van der Waals surface area contributed by atoms with Gasteiger partial charge in [0.15, 0.2) is 0 Å². The maximum atomic E-state index is 13.0. The molecule has 0 radical (unpaired) electrons. The first-order valence-corrected chi connectivity index (χ1v) is 10.5. The molecule has 2 aromatic rings. The number of piperidine rings is 1. The summed E-state index contributed by atoms with van der Waals surface area (Å²) in [5, 5.41) is 0. The van der Waals surface area contributed by atoms with E-state index in [2.05, 4.69) is 36.1 Å². The smallest absolute Gasteiger partial charge is 0.313 e. The van der Waals surface area contributed by atoms with Crippen LogP contribution in [0.25, 0.3) is 0 Å². The molecule has 30 heavy (non-hydrogen) atoms. The van der Waals surface area contributed by atoms with E-state index in [0.29, 0.717) is 24.2 Å². The zero-order valence-electron chi connectivity index (χ0n) is 17.5. The summed E-state index contributed by atoms with van der Waals surface area (Å²) in [6.45, 7) is 6.05. The molecular weight excluding hydrogens is 389 g/mol. The highest BCUT2D eigenvalue weighted by Crippen LogP contribution is 2.32. The maximum absolute atomic E-state index is 13.0. The van der Waals surface area contributed by atoms with Crippen LogP contribution >= 0.6 is 0 Å². The summed E-state index contributed by atoms with van der Waals surface area (Å²) in [6, 6.07) is 15.8. The molecule has 1 amide bonds. The number of hydrogen-bond donors (Lipinski definition) is 0. The lowest BCUT2D eigenvalue weighted by Gasteiger charge is -2.37. The van der Waals surface area contributed by atoms with Gasteiger partial charge in [0.25, 0.3) is 0 Å². The first-order chi connectivity index (χ1) is 14.3. The Labute approximate surface area is 176 Å². The van der Waals surface area contributed by atoms with Crippen molar-refractivity contribution in [3.05, 3.63) is 65.7 Å². The Morgan fingerprint density at radius 2 is 1.77 bits per heavy atom. The van der Waals surface area contributed by atoms with Gasteiger partial charge in [0.05, 0.1) is 5.56 Å². The molecule has 1 fully saturated rings. The molecule has 0 saturated carbocycles. The Morgan fingerprint density at radius 1 is 1.10 bits per heavy atom. The molecule has 0 N–H and O–H groups in total. The minimum absolute atomic E-state index is 0.232. The summed E-state index contributed by atoms with van der Waals surface area (Å²) in [5.41, 5.74) is 0.894. The number of carbonyl (C=O) groups is 1. The number of rotatable bonds is 6. The van der Waals surface area contributed by atoms with Crippen LogP contribution in [0.4, 0.5) is 18.9 Å². The van der Waals surface area contributed by atoms with Gasteiger partial charge in [-0.3, -0.25) is 9.69 Å². The van der Waals surface area contributed by atoms with Crippen molar-refractivity contribution in [2.24, 2.45) is 5.92 Å². The lowest BCUT2D eigenvalue weighted by molar-refractivity contribution is -0.137. The van der Waals surface area contributed by atoms with Gasteiger partial charge in [-0.1, -0.05) is 36.4 Å². The summed E-state index contributed by atoms with van der Waals surface area (Å²) >= 11 is 0. The minimum Gasteiger partial charge on any atom is -0.313 e. The van der Waals surface area contributed by atoms with Crippen LogP contribution in [0.2, 0.25) is 0 Å². The third kappa shape index (κ3) is 5.63.